The van der Waals surface area contributed by atoms with Crippen molar-refractivity contribution in [2.75, 3.05) is 20.1 Å². The summed E-state index contributed by atoms with van der Waals surface area (Å²) in [5.41, 5.74) is 2.01. The van der Waals surface area contributed by atoms with E-state index in [1.807, 2.05) is 0 Å². The van der Waals surface area contributed by atoms with E-state index in [1.165, 1.54) is 78.0 Å². The molecule has 0 unspecified atom stereocenters. The summed E-state index contributed by atoms with van der Waals surface area (Å²) in [5, 5.41) is 2.62. The summed E-state index contributed by atoms with van der Waals surface area (Å²) in [5.74, 6) is 0. The van der Waals surface area contributed by atoms with Crippen molar-refractivity contribution in [2.24, 2.45) is 28.2 Å². The molecule has 0 spiro atoms. The van der Waals surface area contributed by atoms with Gasteiger partial charge >= 0.3 is 44.0 Å². The van der Waals surface area contributed by atoms with Gasteiger partial charge in [0.1, 0.15) is 0 Å². The number of nitrogens with zero attached hydrogens (tertiary/aromatic N) is 5. The Hall–Kier alpha value is -2.24. The van der Waals surface area contributed by atoms with Crippen molar-refractivity contribution >= 4 is 60.2 Å². The number of aromatic nitrogens is 4. The molecule has 0 atom stereocenters. The van der Waals surface area contributed by atoms with Gasteiger partial charge in [0.2, 0.25) is 0 Å². The molecule has 0 aliphatic carbocycles. The van der Waals surface area contributed by atoms with E-state index in [4.69, 9.17) is 0 Å². The molecule has 2 aromatic carbocycles. The zero-order valence-corrected chi connectivity index (χ0v) is 31.9. The number of hydrogen-bond donors (Lipinski definition) is 0. The standard InChI is InChI=1S/2C9H9N.C6H8N2O2.C6H13N.CH4.HI.In.2H/c2*1-10-7-6-8-4-2-3-5-9(8)10;1-7-4-3-5(9)8(2)6(7)10;1-7-5-3-2-4-6-7;;;;;/h2*2-7H,1H3;3-4H,1-2H3;2-6H2,1H3;1H4;1H;;;/q;;;;;;+1;;/p-1. The van der Waals surface area contributed by atoms with Gasteiger partial charge in [-0.25, -0.2) is 4.79 Å². The Kier molecular flexibility index (Phi) is 17.0. The van der Waals surface area contributed by atoms with E-state index in [2.05, 4.69) is 126 Å². The minimum absolute atomic E-state index is 0. The van der Waals surface area contributed by atoms with Gasteiger partial charge in [0.05, 0.1) is 0 Å². The average Bonchev–Trinajstić information content (AvgIpc) is 3.55. The van der Waals surface area contributed by atoms with Crippen LogP contribution in [0.25, 0.3) is 21.8 Å². The van der Waals surface area contributed by atoms with Crippen LogP contribution in [-0.4, -0.2) is 63.5 Å². The summed E-state index contributed by atoms with van der Waals surface area (Å²) in [7, 11) is 9.36. The van der Waals surface area contributed by atoms with Crippen LogP contribution in [0.2, 0.25) is 0 Å². The first kappa shape index (κ1) is 35.8. The quantitative estimate of drug-likeness (QED) is 0.206. The van der Waals surface area contributed by atoms with Gasteiger partial charge in [0.15, 0.2) is 0 Å². The van der Waals surface area contributed by atoms with Crippen molar-refractivity contribution in [3.63, 3.8) is 0 Å². The summed E-state index contributed by atoms with van der Waals surface area (Å²) >= 11 is 3.28. The maximum absolute atomic E-state index is 10.9. The first-order valence-electron chi connectivity index (χ1n) is 13.1. The SMILES string of the molecule is C.CN1CCCCC1.Cn1ccc(=O)n(C)c1=O.Cn1ccc2ccccc21.Cn1ccc2ccccc21.[InH2][I]. The van der Waals surface area contributed by atoms with E-state index in [0.717, 1.165) is 24.8 Å². The number of fused-ring (bicyclic) bond motifs is 2. The molecule has 0 radical (unpaired) electrons. The van der Waals surface area contributed by atoms with E-state index in [9.17, 15) is 9.59 Å². The third-order valence-corrected chi connectivity index (χ3v) is 6.53. The number of rotatable bonds is 0. The van der Waals surface area contributed by atoms with E-state index < -0.39 is 0 Å². The van der Waals surface area contributed by atoms with Crippen LogP contribution in [0.3, 0.4) is 0 Å². The van der Waals surface area contributed by atoms with E-state index in [1.54, 1.807) is 7.05 Å². The molecule has 7 nitrogen and oxygen atoms in total. The normalized spacial score (nSPS) is 12.2. The van der Waals surface area contributed by atoms with Crippen molar-refractivity contribution in [3.05, 3.63) is 106 Å². The summed E-state index contributed by atoms with van der Waals surface area (Å²) in [4.78, 5) is 24.0. The van der Waals surface area contributed by atoms with Gasteiger partial charge in [-0.05, 0) is 68.0 Å². The molecule has 1 aliphatic rings. The summed E-state index contributed by atoms with van der Waals surface area (Å²) in [6.07, 6.45) is 9.87. The second kappa shape index (κ2) is 19.0. The molecule has 1 fully saturated rings. The Bertz CT molecular complexity index is 1460. The molecule has 0 bridgehead atoms. The van der Waals surface area contributed by atoms with Crippen LogP contribution in [-0.2, 0) is 28.2 Å². The fourth-order valence-electron chi connectivity index (χ4n) is 4.18. The first-order valence-corrected chi connectivity index (χ1v) is 29.7. The van der Waals surface area contributed by atoms with E-state index >= 15 is 0 Å². The number of hydrogen-bond acceptors (Lipinski definition) is 3. The second-order valence-electron chi connectivity index (χ2n) is 9.44. The molecule has 4 heterocycles. The van der Waals surface area contributed by atoms with Gasteiger partial charge in [0, 0.05) is 63.9 Å². The molecular formula is C31H45IInN5O2. The zero-order chi connectivity index (χ0) is 28.8. The van der Waals surface area contributed by atoms with Gasteiger partial charge in [-0.2, -0.15) is 0 Å². The van der Waals surface area contributed by atoms with Gasteiger partial charge < -0.3 is 18.6 Å². The topological polar surface area (TPSA) is 57.1 Å². The van der Waals surface area contributed by atoms with Crippen LogP contribution >= 0.6 is 18.1 Å². The molecule has 6 rings (SSSR count). The molecule has 216 valence electrons. The number of likely N-dealkylation sites (tertiary alicyclic amines) is 1. The molecule has 5 aromatic rings. The number of benzene rings is 2. The van der Waals surface area contributed by atoms with Crippen LogP contribution in [0, 0.1) is 0 Å². The number of piperidine rings is 1. The first-order chi connectivity index (χ1) is 18.8. The zero-order valence-electron chi connectivity index (χ0n) is 24.0. The molecule has 3 aromatic heterocycles. The van der Waals surface area contributed by atoms with Crippen LogP contribution < -0.4 is 11.2 Å². The van der Waals surface area contributed by atoms with Crippen molar-refractivity contribution < 1.29 is 0 Å². The van der Waals surface area contributed by atoms with E-state index in [-0.39, 0.29) is 18.7 Å². The predicted molar refractivity (Wildman–Crippen MR) is 183 cm³/mol. The molecule has 1 aliphatic heterocycles. The van der Waals surface area contributed by atoms with Gasteiger partial charge in [-0.3, -0.25) is 9.36 Å². The predicted octanol–water partition coefficient (Wildman–Crippen LogP) is 5.15. The fourth-order valence-corrected chi connectivity index (χ4v) is 4.18. The summed E-state index contributed by atoms with van der Waals surface area (Å²) in [6, 6.07) is 22.3. The Morgan fingerprint density at radius 2 is 1.02 bits per heavy atom. The number of para-hydroxylation sites is 2. The second-order valence-corrected chi connectivity index (χ2v) is 9.44. The molecule has 40 heavy (non-hydrogen) atoms. The van der Waals surface area contributed by atoms with Crippen LogP contribution in [0.5, 0.6) is 0 Å². The Balaban J connectivity index is 0.000000261. The molecule has 0 amide bonds. The van der Waals surface area contributed by atoms with Gasteiger partial charge in [-0.1, -0.05) is 50.2 Å². The third-order valence-electron chi connectivity index (χ3n) is 6.53. The number of aryl methyl sites for hydroxylation is 3. The molecule has 0 N–H and O–H groups in total. The van der Waals surface area contributed by atoms with Crippen LogP contribution in [0.15, 0.2) is 94.9 Å². The molecule has 9 heteroatoms. The van der Waals surface area contributed by atoms with Crippen LogP contribution in [0.4, 0.5) is 0 Å². The number of halogens is 1. The summed E-state index contributed by atoms with van der Waals surface area (Å²) in [6.45, 7) is 2.64. The fraction of sp³-hybridized carbons (Fsp3) is 0.355. The van der Waals surface area contributed by atoms with Crippen molar-refractivity contribution in [1.29, 1.82) is 0 Å². The molecule has 0 saturated carbocycles. The Morgan fingerprint density at radius 1 is 0.600 bits per heavy atom. The average molecular weight is 761 g/mol. The van der Waals surface area contributed by atoms with E-state index in [0.29, 0.717) is 0 Å². The van der Waals surface area contributed by atoms with Crippen LogP contribution in [0.1, 0.15) is 26.7 Å². The van der Waals surface area contributed by atoms with Crippen molar-refractivity contribution in [2.45, 2.75) is 26.7 Å². The minimum atomic E-state index is -0.299. The summed E-state index contributed by atoms with van der Waals surface area (Å²) < 4.78 is 6.64. The maximum atomic E-state index is 10.9. The monoisotopic (exact) mass is 761 g/mol. The van der Waals surface area contributed by atoms with Gasteiger partial charge in [-0.15, -0.1) is 0 Å². The molecule has 1 saturated heterocycles. The van der Waals surface area contributed by atoms with Crippen molar-refractivity contribution in [3.8, 4) is 0 Å². The van der Waals surface area contributed by atoms with Crippen molar-refractivity contribution in [1.82, 2.24) is 23.2 Å². The third kappa shape index (κ3) is 11.0. The molecular weight excluding hydrogens is 716 g/mol. The Morgan fingerprint density at radius 3 is 1.40 bits per heavy atom. The Labute approximate surface area is 262 Å². The van der Waals surface area contributed by atoms with Gasteiger partial charge in [0.25, 0.3) is 5.56 Å².